The smallest absolute Gasteiger partial charge is 0.308 e. The van der Waals surface area contributed by atoms with E-state index in [0.29, 0.717) is 11.5 Å². The lowest BCUT2D eigenvalue weighted by Crippen LogP contribution is -2.04. The molecule has 111 valence electrons. The molecule has 2 rings (SSSR count). The molecule has 0 unspecified atom stereocenters. The summed E-state index contributed by atoms with van der Waals surface area (Å²) < 4.78 is 10.1. The van der Waals surface area contributed by atoms with Crippen molar-refractivity contribution >= 4 is 24.1 Å². The molecule has 0 amide bonds. The summed E-state index contributed by atoms with van der Waals surface area (Å²) in [7, 11) is 0. The second-order valence-electron chi connectivity index (χ2n) is 4.59. The highest BCUT2D eigenvalue weighted by Gasteiger charge is 2.06. The van der Waals surface area contributed by atoms with E-state index in [1.54, 1.807) is 12.1 Å². The summed E-state index contributed by atoms with van der Waals surface area (Å²) in [6, 6.07) is 15.3. The maximum absolute atomic E-state index is 11.1. The highest BCUT2D eigenvalue weighted by atomic mass is 16.5. The first-order chi connectivity index (χ1) is 10.5. The van der Waals surface area contributed by atoms with Crippen molar-refractivity contribution < 1.29 is 19.1 Å². The average Bonchev–Trinajstić information content (AvgIpc) is 2.44. The summed E-state index contributed by atoms with van der Waals surface area (Å²) in [4.78, 5) is 22.2. The Labute approximate surface area is 129 Å². The molecule has 22 heavy (non-hydrogen) atoms. The molecule has 4 heteroatoms. The van der Waals surface area contributed by atoms with Gasteiger partial charge in [-0.15, -0.1) is 0 Å². The van der Waals surface area contributed by atoms with Crippen molar-refractivity contribution in [1.82, 2.24) is 0 Å². The Morgan fingerprint density at radius 1 is 0.864 bits per heavy atom. The van der Waals surface area contributed by atoms with Crippen LogP contribution in [0, 0.1) is 6.07 Å². The van der Waals surface area contributed by atoms with Crippen LogP contribution in [-0.2, 0) is 9.59 Å². The first-order valence-electron chi connectivity index (χ1n) is 6.69. The Morgan fingerprint density at radius 3 is 1.86 bits per heavy atom. The molecule has 0 heterocycles. The molecule has 0 saturated heterocycles. The number of hydrogen-bond acceptors (Lipinski definition) is 4. The standard InChI is InChI=1S/C18H15O4/c1-13(19)21-17-10-16(11-18(12-17)22-14(2)20)9-8-15-6-4-3-5-7-15/h4-12H,1-2H3. The van der Waals surface area contributed by atoms with Gasteiger partial charge < -0.3 is 9.47 Å². The molecule has 1 radical (unpaired) electrons. The SMILES string of the molecule is CC(=O)Oc1cc(C=Cc2cc[c]cc2)cc(OC(C)=O)c1. The Hall–Kier alpha value is -2.88. The van der Waals surface area contributed by atoms with E-state index in [1.165, 1.54) is 19.9 Å². The topological polar surface area (TPSA) is 52.6 Å². The summed E-state index contributed by atoms with van der Waals surface area (Å²) in [6.07, 6.45) is 3.74. The van der Waals surface area contributed by atoms with Crippen LogP contribution >= 0.6 is 0 Å². The second-order valence-corrected chi connectivity index (χ2v) is 4.59. The van der Waals surface area contributed by atoms with Crippen LogP contribution in [0.4, 0.5) is 0 Å². The van der Waals surface area contributed by atoms with Gasteiger partial charge in [-0.1, -0.05) is 36.4 Å². The van der Waals surface area contributed by atoms with E-state index in [-0.39, 0.29) is 0 Å². The summed E-state index contributed by atoms with van der Waals surface area (Å²) in [5.74, 6) is -0.221. The fourth-order valence-electron chi connectivity index (χ4n) is 1.84. The Morgan fingerprint density at radius 2 is 1.36 bits per heavy atom. The number of hydrogen-bond donors (Lipinski definition) is 0. The third-order valence-electron chi connectivity index (χ3n) is 2.64. The number of carbonyl (C=O) groups excluding carboxylic acids is 2. The van der Waals surface area contributed by atoms with Crippen LogP contribution in [0.3, 0.4) is 0 Å². The van der Waals surface area contributed by atoms with E-state index in [4.69, 9.17) is 9.47 Å². The lowest BCUT2D eigenvalue weighted by atomic mass is 10.1. The van der Waals surface area contributed by atoms with Crippen molar-refractivity contribution in [3.8, 4) is 11.5 Å². The van der Waals surface area contributed by atoms with Crippen LogP contribution in [0.15, 0.2) is 42.5 Å². The predicted molar refractivity (Wildman–Crippen MR) is 83.3 cm³/mol. The van der Waals surface area contributed by atoms with Crippen molar-refractivity contribution in [1.29, 1.82) is 0 Å². The molecule has 0 bridgehead atoms. The Bertz CT molecular complexity index is 668. The van der Waals surface area contributed by atoms with Crippen LogP contribution < -0.4 is 9.47 Å². The zero-order valence-electron chi connectivity index (χ0n) is 12.3. The third kappa shape index (κ3) is 4.90. The van der Waals surface area contributed by atoms with Gasteiger partial charge in [-0.05, 0) is 29.3 Å². The minimum atomic E-state index is -0.437. The largest absolute Gasteiger partial charge is 0.427 e. The summed E-state index contributed by atoms with van der Waals surface area (Å²) in [5.41, 5.74) is 1.76. The van der Waals surface area contributed by atoms with E-state index in [0.717, 1.165) is 11.1 Å². The number of rotatable bonds is 4. The van der Waals surface area contributed by atoms with Gasteiger partial charge >= 0.3 is 11.9 Å². The Balaban J connectivity index is 2.30. The number of benzene rings is 2. The molecule has 2 aromatic carbocycles. The van der Waals surface area contributed by atoms with Gasteiger partial charge in [-0.25, -0.2) is 0 Å². The molecule has 0 aliphatic heterocycles. The van der Waals surface area contributed by atoms with Gasteiger partial charge in [-0.2, -0.15) is 0 Å². The first-order valence-corrected chi connectivity index (χ1v) is 6.69. The average molecular weight is 295 g/mol. The van der Waals surface area contributed by atoms with Gasteiger partial charge in [0.15, 0.2) is 0 Å². The third-order valence-corrected chi connectivity index (χ3v) is 2.64. The van der Waals surface area contributed by atoms with E-state index < -0.39 is 11.9 Å². The monoisotopic (exact) mass is 295 g/mol. The van der Waals surface area contributed by atoms with Gasteiger partial charge in [-0.3, -0.25) is 9.59 Å². The number of esters is 2. The van der Waals surface area contributed by atoms with Crippen molar-refractivity contribution in [2.24, 2.45) is 0 Å². The Kier molecular flexibility index (Phi) is 5.09. The second kappa shape index (κ2) is 7.22. The molecule has 4 nitrogen and oxygen atoms in total. The van der Waals surface area contributed by atoms with E-state index in [9.17, 15) is 9.59 Å². The predicted octanol–water partition coefficient (Wildman–Crippen LogP) is 3.51. The van der Waals surface area contributed by atoms with Crippen LogP contribution in [0.1, 0.15) is 25.0 Å². The molecule has 0 aliphatic carbocycles. The van der Waals surface area contributed by atoms with Crippen molar-refractivity contribution in [3.05, 3.63) is 59.7 Å². The molecule has 0 N–H and O–H groups in total. The first kappa shape index (κ1) is 15.5. The normalized spacial score (nSPS) is 10.5. The van der Waals surface area contributed by atoms with Gasteiger partial charge in [0.1, 0.15) is 11.5 Å². The van der Waals surface area contributed by atoms with Gasteiger partial charge in [0.25, 0.3) is 0 Å². The molecule has 2 aromatic rings. The fourth-order valence-corrected chi connectivity index (χ4v) is 1.84. The molecular formula is C18H15O4. The van der Waals surface area contributed by atoms with Crippen molar-refractivity contribution in [3.63, 3.8) is 0 Å². The molecule has 0 atom stereocenters. The molecular weight excluding hydrogens is 280 g/mol. The van der Waals surface area contributed by atoms with Crippen LogP contribution in [0.5, 0.6) is 11.5 Å². The van der Waals surface area contributed by atoms with E-state index >= 15 is 0 Å². The molecule has 0 aromatic heterocycles. The summed E-state index contributed by atoms with van der Waals surface area (Å²) in [6.45, 7) is 2.63. The van der Waals surface area contributed by atoms with Crippen LogP contribution in [-0.4, -0.2) is 11.9 Å². The minimum absolute atomic E-state index is 0.326. The fraction of sp³-hybridized carbons (Fsp3) is 0.111. The van der Waals surface area contributed by atoms with Gasteiger partial charge in [0, 0.05) is 19.9 Å². The zero-order chi connectivity index (χ0) is 15.9. The van der Waals surface area contributed by atoms with Crippen molar-refractivity contribution in [2.75, 3.05) is 0 Å². The lowest BCUT2D eigenvalue weighted by Gasteiger charge is -2.07. The lowest BCUT2D eigenvalue weighted by molar-refractivity contribution is -0.132. The minimum Gasteiger partial charge on any atom is -0.427 e. The van der Waals surface area contributed by atoms with Gasteiger partial charge in [0.2, 0.25) is 0 Å². The molecule has 0 aliphatic rings. The summed E-state index contributed by atoms with van der Waals surface area (Å²) in [5, 5.41) is 0. The maximum atomic E-state index is 11.1. The van der Waals surface area contributed by atoms with Gasteiger partial charge in [0.05, 0.1) is 0 Å². The maximum Gasteiger partial charge on any atom is 0.308 e. The van der Waals surface area contributed by atoms with Crippen molar-refractivity contribution in [2.45, 2.75) is 13.8 Å². The molecule has 0 spiro atoms. The zero-order valence-corrected chi connectivity index (χ0v) is 12.3. The highest BCUT2D eigenvalue weighted by molar-refractivity contribution is 5.75. The quantitative estimate of drug-likeness (QED) is 0.492. The number of ether oxygens (including phenoxy) is 2. The molecule has 0 saturated carbocycles. The summed E-state index contributed by atoms with van der Waals surface area (Å²) >= 11 is 0. The molecule has 0 fully saturated rings. The number of carbonyl (C=O) groups is 2. The van der Waals surface area contributed by atoms with E-state index in [2.05, 4.69) is 6.07 Å². The van der Waals surface area contributed by atoms with E-state index in [1.807, 2.05) is 36.4 Å². The highest BCUT2D eigenvalue weighted by Crippen LogP contribution is 2.25. The van der Waals surface area contributed by atoms with Crippen LogP contribution in [0.2, 0.25) is 0 Å². The van der Waals surface area contributed by atoms with Crippen LogP contribution in [0.25, 0.3) is 12.2 Å².